The fourth-order valence-electron chi connectivity index (χ4n) is 0.961. The monoisotopic (exact) mass is 201 g/mol. The third-order valence-corrected chi connectivity index (χ3v) is 2.90. The molecule has 0 aromatic heterocycles. The van der Waals surface area contributed by atoms with E-state index in [1.165, 1.54) is 0 Å². The summed E-state index contributed by atoms with van der Waals surface area (Å²) in [6, 6.07) is 0. The van der Waals surface area contributed by atoms with Crippen molar-refractivity contribution in [3.63, 3.8) is 0 Å². The summed E-state index contributed by atoms with van der Waals surface area (Å²) in [7, 11) is 0. The van der Waals surface area contributed by atoms with Crippen molar-refractivity contribution >= 4 is 5.97 Å². The van der Waals surface area contributed by atoms with Crippen molar-refractivity contribution in [2.24, 2.45) is 11.7 Å². The van der Waals surface area contributed by atoms with Gasteiger partial charge in [0.15, 0.2) is 0 Å². The largest absolute Gasteiger partial charge is 0.461 e. The molecule has 0 amide bonds. The predicted molar refractivity (Wildman–Crippen MR) is 57.9 cm³/mol. The van der Waals surface area contributed by atoms with Crippen molar-refractivity contribution in [3.8, 4) is 0 Å². The molecule has 0 radical (unpaired) electrons. The van der Waals surface area contributed by atoms with Gasteiger partial charge in [0.2, 0.25) is 0 Å². The number of rotatable bonds is 5. The number of ether oxygens (including phenoxy) is 1. The smallest absolute Gasteiger partial charge is 0.326 e. The number of carbonyl (C=O) groups excluding carboxylic acids is 1. The Morgan fingerprint density at radius 2 is 1.71 bits per heavy atom. The maximum atomic E-state index is 11.7. The third kappa shape index (κ3) is 3.29. The average Bonchev–Trinajstić information content (AvgIpc) is 2.16. The summed E-state index contributed by atoms with van der Waals surface area (Å²) < 4.78 is 5.29. The van der Waals surface area contributed by atoms with E-state index in [-0.39, 0.29) is 12.1 Å². The summed E-state index contributed by atoms with van der Waals surface area (Å²) in [6.07, 6.45) is 1.17. The fraction of sp³-hybridized carbons (Fsp3) is 0.909. The van der Waals surface area contributed by atoms with Crippen LogP contribution in [0.25, 0.3) is 0 Å². The zero-order chi connectivity index (χ0) is 11.4. The first-order valence-electron chi connectivity index (χ1n) is 5.37. The number of esters is 1. The molecule has 1 unspecified atom stereocenters. The van der Waals surface area contributed by atoms with Crippen molar-refractivity contribution in [1.29, 1.82) is 0 Å². The summed E-state index contributed by atoms with van der Waals surface area (Å²) >= 11 is 0. The van der Waals surface area contributed by atoms with Crippen LogP contribution >= 0.6 is 0 Å². The standard InChI is InChI=1S/C11H23NO2/c1-6-11(12,7-2)10(13)14-9(5)8(3)4/h8-9H,6-7,12H2,1-5H3. The first-order chi connectivity index (χ1) is 6.37. The highest BCUT2D eigenvalue weighted by atomic mass is 16.5. The molecule has 0 aliphatic heterocycles. The minimum absolute atomic E-state index is 0.0662. The maximum absolute atomic E-state index is 11.7. The highest BCUT2D eigenvalue weighted by Gasteiger charge is 2.33. The molecule has 0 aromatic rings. The minimum atomic E-state index is -0.802. The van der Waals surface area contributed by atoms with Gasteiger partial charge in [-0.15, -0.1) is 0 Å². The summed E-state index contributed by atoms with van der Waals surface area (Å²) in [4.78, 5) is 11.7. The maximum Gasteiger partial charge on any atom is 0.326 e. The SMILES string of the molecule is CCC(N)(CC)C(=O)OC(C)C(C)C. The van der Waals surface area contributed by atoms with Crippen LogP contribution in [0.2, 0.25) is 0 Å². The predicted octanol–water partition coefficient (Wildman–Crippen LogP) is 2.09. The van der Waals surface area contributed by atoms with Gasteiger partial charge in [-0.3, -0.25) is 4.79 Å². The van der Waals surface area contributed by atoms with Crippen molar-refractivity contribution < 1.29 is 9.53 Å². The van der Waals surface area contributed by atoms with E-state index < -0.39 is 5.54 Å². The molecule has 0 fully saturated rings. The van der Waals surface area contributed by atoms with E-state index >= 15 is 0 Å². The van der Waals surface area contributed by atoms with Crippen molar-refractivity contribution in [3.05, 3.63) is 0 Å². The first kappa shape index (κ1) is 13.4. The van der Waals surface area contributed by atoms with Crippen LogP contribution in [-0.4, -0.2) is 17.6 Å². The van der Waals surface area contributed by atoms with Crippen LogP contribution in [0.3, 0.4) is 0 Å². The van der Waals surface area contributed by atoms with Crippen LogP contribution in [0.5, 0.6) is 0 Å². The lowest BCUT2D eigenvalue weighted by Crippen LogP contribution is -2.49. The third-order valence-electron chi connectivity index (χ3n) is 2.90. The second-order valence-corrected chi connectivity index (χ2v) is 4.22. The Bertz CT molecular complexity index is 186. The second-order valence-electron chi connectivity index (χ2n) is 4.22. The Balaban J connectivity index is 4.32. The number of carbonyl (C=O) groups is 1. The lowest BCUT2D eigenvalue weighted by molar-refractivity contribution is -0.157. The first-order valence-corrected chi connectivity index (χ1v) is 5.37. The molecule has 0 saturated carbocycles. The van der Waals surface area contributed by atoms with Crippen LogP contribution in [0, 0.1) is 5.92 Å². The van der Waals surface area contributed by atoms with Gasteiger partial charge >= 0.3 is 5.97 Å². The Morgan fingerprint density at radius 1 is 1.29 bits per heavy atom. The summed E-state index contributed by atoms with van der Waals surface area (Å²) in [5.74, 6) is 0.0561. The molecule has 3 heteroatoms. The van der Waals surface area contributed by atoms with Gasteiger partial charge in [-0.2, -0.15) is 0 Å². The molecular formula is C11H23NO2. The second kappa shape index (κ2) is 5.35. The van der Waals surface area contributed by atoms with Crippen LogP contribution in [0.1, 0.15) is 47.5 Å². The summed E-state index contributed by atoms with van der Waals surface area (Å²) in [5, 5.41) is 0. The normalized spacial score (nSPS) is 14.2. The Labute approximate surface area is 87.0 Å². The van der Waals surface area contributed by atoms with Gasteiger partial charge in [0.25, 0.3) is 0 Å². The van der Waals surface area contributed by atoms with Crippen molar-refractivity contribution in [2.75, 3.05) is 0 Å². The van der Waals surface area contributed by atoms with E-state index in [9.17, 15) is 4.79 Å². The van der Waals surface area contributed by atoms with Crippen LogP contribution < -0.4 is 5.73 Å². The lowest BCUT2D eigenvalue weighted by Gasteiger charge is -2.27. The van der Waals surface area contributed by atoms with Crippen LogP contribution in [-0.2, 0) is 9.53 Å². The zero-order valence-electron chi connectivity index (χ0n) is 9.96. The van der Waals surface area contributed by atoms with Crippen molar-refractivity contribution in [1.82, 2.24) is 0 Å². The van der Waals surface area contributed by atoms with E-state index in [1.807, 2.05) is 34.6 Å². The average molecular weight is 201 g/mol. The highest BCUT2D eigenvalue weighted by molar-refractivity contribution is 5.80. The molecule has 2 N–H and O–H groups in total. The fourth-order valence-corrected chi connectivity index (χ4v) is 0.961. The molecule has 0 heterocycles. The molecule has 0 bridgehead atoms. The lowest BCUT2D eigenvalue weighted by atomic mass is 9.94. The molecule has 0 aromatic carbocycles. The molecule has 0 spiro atoms. The van der Waals surface area contributed by atoms with Gasteiger partial charge in [-0.05, 0) is 25.7 Å². The molecule has 0 rings (SSSR count). The van der Waals surface area contributed by atoms with Gasteiger partial charge < -0.3 is 10.5 Å². The van der Waals surface area contributed by atoms with Crippen LogP contribution in [0.4, 0.5) is 0 Å². The van der Waals surface area contributed by atoms with E-state index in [1.54, 1.807) is 0 Å². The van der Waals surface area contributed by atoms with E-state index in [4.69, 9.17) is 10.5 Å². The van der Waals surface area contributed by atoms with E-state index in [0.29, 0.717) is 18.8 Å². The number of nitrogens with two attached hydrogens (primary N) is 1. The highest BCUT2D eigenvalue weighted by Crippen LogP contribution is 2.16. The molecule has 84 valence electrons. The molecule has 3 nitrogen and oxygen atoms in total. The van der Waals surface area contributed by atoms with Crippen molar-refractivity contribution in [2.45, 2.75) is 59.1 Å². The minimum Gasteiger partial charge on any atom is -0.461 e. The molecule has 0 aliphatic rings. The quantitative estimate of drug-likeness (QED) is 0.693. The zero-order valence-corrected chi connectivity index (χ0v) is 9.96. The Kier molecular flexibility index (Phi) is 5.13. The molecule has 14 heavy (non-hydrogen) atoms. The molecule has 0 saturated heterocycles. The molecular weight excluding hydrogens is 178 g/mol. The van der Waals surface area contributed by atoms with Gasteiger partial charge in [0.05, 0.1) is 0 Å². The van der Waals surface area contributed by atoms with Gasteiger partial charge in [0, 0.05) is 0 Å². The van der Waals surface area contributed by atoms with Crippen LogP contribution in [0.15, 0.2) is 0 Å². The Morgan fingerprint density at radius 3 is 2.00 bits per heavy atom. The molecule has 0 aliphatic carbocycles. The number of hydrogen-bond acceptors (Lipinski definition) is 3. The van der Waals surface area contributed by atoms with Gasteiger partial charge in [-0.1, -0.05) is 27.7 Å². The Hall–Kier alpha value is -0.570. The van der Waals surface area contributed by atoms with E-state index in [2.05, 4.69) is 0 Å². The van der Waals surface area contributed by atoms with Gasteiger partial charge in [-0.25, -0.2) is 0 Å². The number of hydrogen-bond donors (Lipinski definition) is 1. The summed E-state index contributed by atoms with van der Waals surface area (Å²) in [6.45, 7) is 9.76. The summed E-state index contributed by atoms with van der Waals surface area (Å²) in [5.41, 5.74) is 5.11. The van der Waals surface area contributed by atoms with Gasteiger partial charge in [0.1, 0.15) is 11.6 Å². The topological polar surface area (TPSA) is 52.3 Å². The van der Waals surface area contributed by atoms with E-state index in [0.717, 1.165) is 0 Å². The molecule has 1 atom stereocenters.